The van der Waals surface area contributed by atoms with Gasteiger partial charge in [0.25, 0.3) is 0 Å². The first-order valence-electron chi connectivity index (χ1n) is 9.33. The van der Waals surface area contributed by atoms with Gasteiger partial charge in [0.05, 0.1) is 17.9 Å². The first kappa shape index (κ1) is 16.2. The lowest BCUT2D eigenvalue weighted by Crippen LogP contribution is -2.22. The number of aryl methyl sites for hydroxylation is 1. The fourth-order valence-corrected chi connectivity index (χ4v) is 3.93. The Morgan fingerprint density at radius 2 is 2.07 bits per heavy atom. The highest BCUT2D eigenvalue weighted by Crippen LogP contribution is 2.33. The van der Waals surface area contributed by atoms with Crippen LogP contribution in [0.2, 0.25) is 0 Å². The quantitative estimate of drug-likeness (QED) is 0.551. The Labute approximate surface area is 157 Å². The second-order valence-corrected chi connectivity index (χ2v) is 7.15. The number of aromatic nitrogens is 4. The highest BCUT2D eigenvalue weighted by Gasteiger charge is 2.29. The third kappa shape index (κ3) is 3.02. The maximum absolute atomic E-state index is 5.51. The molecule has 6 heteroatoms. The summed E-state index contributed by atoms with van der Waals surface area (Å²) in [6.07, 6.45) is 8.20. The van der Waals surface area contributed by atoms with Gasteiger partial charge in [0.15, 0.2) is 11.4 Å². The van der Waals surface area contributed by atoms with Crippen molar-refractivity contribution >= 4 is 5.65 Å². The number of fused-ring (bicyclic) bond motifs is 1. The molecule has 1 saturated heterocycles. The molecule has 0 unspecified atom stereocenters. The fourth-order valence-electron chi connectivity index (χ4n) is 3.93. The van der Waals surface area contributed by atoms with E-state index in [0.29, 0.717) is 6.04 Å². The minimum absolute atomic E-state index is 0.291. The number of rotatable bonds is 4. The van der Waals surface area contributed by atoms with Crippen molar-refractivity contribution in [3.63, 3.8) is 0 Å². The lowest BCUT2D eigenvalue weighted by atomic mass is 10.1. The monoisotopic (exact) mass is 359 g/mol. The topological polar surface area (TPSA) is 59.5 Å². The zero-order valence-corrected chi connectivity index (χ0v) is 15.2. The number of hydrogen-bond donors (Lipinski definition) is 0. The number of benzene rings is 1. The third-order valence-electron chi connectivity index (χ3n) is 5.22. The van der Waals surface area contributed by atoms with Crippen LogP contribution in [0.3, 0.4) is 0 Å². The summed E-state index contributed by atoms with van der Waals surface area (Å²) in [6.45, 7) is 3.84. The SMILES string of the molecule is Cc1cc([C@H]2CCCN2Cc2cnc3c(-c4ccccc4)cnn3c2)on1. The van der Waals surface area contributed by atoms with Crippen LogP contribution in [0.25, 0.3) is 16.8 Å². The number of nitrogens with zero attached hydrogens (tertiary/aromatic N) is 5. The summed E-state index contributed by atoms with van der Waals surface area (Å²) < 4.78 is 7.39. The molecule has 0 spiro atoms. The summed E-state index contributed by atoms with van der Waals surface area (Å²) in [5, 5.41) is 8.56. The summed E-state index contributed by atoms with van der Waals surface area (Å²) in [7, 11) is 0. The van der Waals surface area contributed by atoms with Gasteiger partial charge in [0.2, 0.25) is 0 Å². The Balaban J connectivity index is 1.41. The van der Waals surface area contributed by atoms with Crippen molar-refractivity contribution < 1.29 is 4.52 Å². The molecule has 0 saturated carbocycles. The van der Waals surface area contributed by atoms with Crippen LogP contribution in [0.1, 0.15) is 35.9 Å². The molecule has 3 aromatic heterocycles. The van der Waals surface area contributed by atoms with Crippen molar-refractivity contribution in [2.45, 2.75) is 32.4 Å². The standard InChI is InChI=1S/C21H21N5O/c1-15-10-20(27-24-15)19-8-5-9-25(19)13-16-11-22-21-18(12-23-26(21)14-16)17-6-3-2-4-7-17/h2-4,6-7,10-12,14,19H,5,8-9,13H2,1H3/t19-/m1/s1. The minimum Gasteiger partial charge on any atom is -0.359 e. The average Bonchev–Trinajstić information content (AvgIpc) is 3.42. The summed E-state index contributed by atoms with van der Waals surface area (Å²) in [5.74, 6) is 0.962. The first-order chi connectivity index (χ1) is 13.3. The normalized spacial score (nSPS) is 17.7. The zero-order chi connectivity index (χ0) is 18.2. The molecule has 4 heterocycles. The molecule has 6 nitrogen and oxygen atoms in total. The second-order valence-electron chi connectivity index (χ2n) is 7.15. The molecule has 5 rings (SSSR count). The Morgan fingerprint density at radius 1 is 1.19 bits per heavy atom. The third-order valence-corrected chi connectivity index (χ3v) is 5.22. The highest BCUT2D eigenvalue weighted by molar-refractivity contribution is 5.76. The largest absolute Gasteiger partial charge is 0.359 e. The molecule has 1 atom stereocenters. The van der Waals surface area contributed by atoms with E-state index in [2.05, 4.69) is 33.5 Å². The van der Waals surface area contributed by atoms with Crippen LogP contribution < -0.4 is 0 Å². The Bertz CT molecular complexity index is 1070. The van der Waals surface area contributed by atoms with Gasteiger partial charge in [0, 0.05) is 36.1 Å². The number of hydrogen-bond acceptors (Lipinski definition) is 5. The number of likely N-dealkylation sites (tertiary alicyclic amines) is 1. The predicted molar refractivity (Wildman–Crippen MR) is 102 cm³/mol. The van der Waals surface area contributed by atoms with E-state index < -0.39 is 0 Å². The molecule has 1 fully saturated rings. The first-order valence-corrected chi connectivity index (χ1v) is 9.33. The van der Waals surface area contributed by atoms with Crippen molar-refractivity contribution in [3.05, 3.63) is 72.0 Å². The van der Waals surface area contributed by atoms with E-state index in [0.717, 1.165) is 53.3 Å². The Hall–Kier alpha value is -2.99. The maximum Gasteiger partial charge on any atom is 0.162 e. The van der Waals surface area contributed by atoms with Gasteiger partial charge in [-0.15, -0.1) is 0 Å². The van der Waals surface area contributed by atoms with Crippen molar-refractivity contribution in [3.8, 4) is 11.1 Å². The summed E-state index contributed by atoms with van der Waals surface area (Å²) in [5.41, 5.74) is 5.15. The summed E-state index contributed by atoms with van der Waals surface area (Å²) in [6, 6.07) is 12.6. The van der Waals surface area contributed by atoms with Crippen LogP contribution in [0.5, 0.6) is 0 Å². The van der Waals surface area contributed by atoms with Crippen LogP contribution in [0.4, 0.5) is 0 Å². The molecule has 1 aliphatic heterocycles. The molecule has 136 valence electrons. The van der Waals surface area contributed by atoms with E-state index >= 15 is 0 Å². The lowest BCUT2D eigenvalue weighted by molar-refractivity contribution is 0.206. The van der Waals surface area contributed by atoms with Gasteiger partial charge in [-0.25, -0.2) is 9.50 Å². The maximum atomic E-state index is 5.51. The molecule has 0 N–H and O–H groups in total. The zero-order valence-electron chi connectivity index (χ0n) is 15.2. The van der Waals surface area contributed by atoms with Crippen LogP contribution in [-0.4, -0.2) is 31.2 Å². The van der Waals surface area contributed by atoms with Gasteiger partial charge in [-0.2, -0.15) is 5.10 Å². The van der Waals surface area contributed by atoms with E-state index in [1.165, 1.54) is 6.42 Å². The molecule has 0 radical (unpaired) electrons. The van der Waals surface area contributed by atoms with Gasteiger partial charge >= 0.3 is 0 Å². The molecular formula is C21H21N5O. The summed E-state index contributed by atoms with van der Waals surface area (Å²) >= 11 is 0. The smallest absolute Gasteiger partial charge is 0.162 e. The molecule has 0 bridgehead atoms. The molecule has 0 aliphatic carbocycles. The van der Waals surface area contributed by atoms with E-state index in [1.54, 1.807) is 0 Å². The van der Waals surface area contributed by atoms with Crippen LogP contribution in [-0.2, 0) is 6.54 Å². The second kappa shape index (κ2) is 6.63. The van der Waals surface area contributed by atoms with Crippen LogP contribution in [0, 0.1) is 6.92 Å². The highest BCUT2D eigenvalue weighted by atomic mass is 16.5. The Kier molecular flexibility index (Phi) is 3.98. The Morgan fingerprint density at radius 3 is 2.89 bits per heavy atom. The van der Waals surface area contributed by atoms with E-state index in [-0.39, 0.29) is 0 Å². The molecule has 27 heavy (non-hydrogen) atoms. The van der Waals surface area contributed by atoms with Crippen LogP contribution in [0.15, 0.2) is 59.5 Å². The van der Waals surface area contributed by atoms with Crippen LogP contribution >= 0.6 is 0 Å². The van der Waals surface area contributed by atoms with Gasteiger partial charge < -0.3 is 4.52 Å². The lowest BCUT2D eigenvalue weighted by Gasteiger charge is -2.22. The minimum atomic E-state index is 0.291. The van der Waals surface area contributed by atoms with Crippen molar-refractivity contribution in [2.24, 2.45) is 0 Å². The van der Waals surface area contributed by atoms with Crippen molar-refractivity contribution in [2.75, 3.05) is 6.54 Å². The summed E-state index contributed by atoms with van der Waals surface area (Å²) in [4.78, 5) is 7.13. The fraction of sp³-hybridized carbons (Fsp3) is 0.286. The van der Waals surface area contributed by atoms with Crippen molar-refractivity contribution in [1.82, 2.24) is 24.7 Å². The van der Waals surface area contributed by atoms with E-state index in [1.807, 2.05) is 48.1 Å². The van der Waals surface area contributed by atoms with Gasteiger partial charge in [-0.05, 0) is 31.9 Å². The van der Waals surface area contributed by atoms with Gasteiger partial charge in [-0.3, -0.25) is 4.90 Å². The van der Waals surface area contributed by atoms with Crippen molar-refractivity contribution in [1.29, 1.82) is 0 Å². The molecule has 1 aromatic carbocycles. The molecule has 4 aromatic rings. The average molecular weight is 359 g/mol. The molecular weight excluding hydrogens is 338 g/mol. The van der Waals surface area contributed by atoms with E-state index in [4.69, 9.17) is 9.51 Å². The van der Waals surface area contributed by atoms with Gasteiger partial charge in [0.1, 0.15) is 0 Å². The molecule has 0 amide bonds. The predicted octanol–water partition coefficient (Wildman–Crippen LogP) is 4.03. The van der Waals surface area contributed by atoms with E-state index in [9.17, 15) is 0 Å². The molecule has 1 aliphatic rings. The van der Waals surface area contributed by atoms with Gasteiger partial charge in [-0.1, -0.05) is 35.5 Å².